The van der Waals surface area contributed by atoms with E-state index < -0.39 is 5.97 Å². The highest BCUT2D eigenvalue weighted by Crippen LogP contribution is 2.29. The van der Waals surface area contributed by atoms with Crippen molar-refractivity contribution < 1.29 is 27.6 Å². The molecular weight excluding hydrogens is 403 g/mol. The molecule has 4 rings (SSSR count). The number of benzene rings is 2. The standard InChI is InChI=1S/C23H19FN2O5/c1-28-20-5-3-2-4-18(20)19-12-17(31-26-19)14-29-23(27)11-10-22-25-13-21(30-22)15-6-8-16(24)9-7-15/h2-9,12-13H,10-11,14H2,1H3. The van der Waals surface area contributed by atoms with E-state index >= 15 is 0 Å². The van der Waals surface area contributed by atoms with Crippen LogP contribution >= 0.6 is 0 Å². The molecule has 2 heterocycles. The van der Waals surface area contributed by atoms with Crippen LogP contribution in [0.4, 0.5) is 4.39 Å². The molecule has 0 fully saturated rings. The first-order valence-corrected chi connectivity index (χ1v) is 9.57. The number of carbonyl (C=O) groups excluding carboxylic acids is 1. The van der Waals surface area contributed by atoms with Crippen molar-refractivity contribution >= 4 is 5.97 Å². The number of aromatic nitrogens is 2. The van der Waals surface area contributed by atoms with Crippen LogP contribution in [0, 0.1) is 5.82 Å². The van der Waals surface area contributed by atoms with Gasteiger partial charge < -0.3 is 18.4 Å². The molecule has 0 saturated heterocycles. The Kier molecular flexibility index (Phi) is 6.07. The Bertz CT molecular complexity index is 1170. The maximum absolute atomic E-state index is 13.0. The van der Waals surface area contributed by atoms with Crippen molar-refractivity contribution in [3.05, 3.63) is 78.3 Å². The quantitative estimate of drug-likeness (QED) is 0.376. The van der Waals surface area contributed by atoms with Crippen molar-refractivity contribution in [2.75, 3.05) is 7.11 Å². The van der Waals surface area contributed by atoms with Gasteiger partial charge in [0.15, 0.2) is 24.0 Å². The van der Waals surface area contributed by atoms with Crippen LogP contribution < -0.4 is 4.74 Å². The molecular formula is C23H19FN2O5. The lowest BCUT2D eigenvalue weighted by Crippen LogP contribution is -2.05. The lowest BCUT2D eigenvalue weighted by atomic mass is 10.1. The SMILES string of the molecule is COc1ccccc1-c1cc(COC(=O)CCc2ncc(-c3ccc(F)cc3)o2)on1. The van der Waals surface area contributed by atoms with Gasteiger partial charge in [0, 0.05) is 23.6 Å². The van der Waals surface area contributed by atoms with Crippen molar-refractivity contribution in [1.82, 2.24) is 10.1 Å². The number of hydrogen-bond donors (Lipinski definition) is 0. The third-order valence-electron chi connectivity index (χ3n) is 4.54. The van der Waals surface area contributed by atoms with Gasteiger partial charge in [-0.25, -0.2) is 9.37 Å². The summed E-state index contributed by atoms with van der Waals surface area (Å²) >= 11 is 0. The first-order valence-electron chi connectivity index (χ1n) is 9.57. The number of rotatable bonds is 8. The molecule has 7 nitrogen and oxygen atoms in total. The second-order valence-corrected chi connectivity index (χ2v) is 6.66. The first kappa shape index (κ1) is 20.3. The molecule has 0 saturated carbocycles. The summed E-state index contributed by atoms with van der Waals surface area (Å²) in [5, 5.41) is 4.01. The highest BCUT2D eigenvalue weighted by Gasteiger charge is 2.14. The maximum atomic E-state index is 13.0. The molecule has 0 atom stereocenters. The van der Waals surface area contributed by atoms with E-state index in [-0.39, 0.29) is 25.3 Å². The second-order valence-electron chi connectivity index (χ2n) is 6.66. The minimum atomic E-state index is -0.420. The fourth-order valence-corrected chi connectivity index (χ4v) is 2.97. The van der Waals surface area contributed by atoms with Crippen molar-refractivity contribution in [3.8, 4) is 28.3 Å². The molecule has 0 aliphatic rings. The molecule has 0 radical (unpaired) electrons. The van der Waals surface area contributed by atoms with Crippen molar-refractivity contribution in [1.29, 1.82) is 0 Å². The maximum Gasteiger partial charge on any atom is 0.306 e. The fraction of sp³-hybridized carbons (Fsp3) is 0.174. The van der Waals surface area contributed by atoms with Gasteiger partial charge in [-0.05, 0) is 36.4 Å². The van der Waals surface area contributed by atoms with Gasteiger partial charge in [0.2, 0.25) is 0 Å². The van der Waals surface area contributed by atoms with Gasteiger partial charge in [-0.1, -0.05) is 17.3 Å². The Balaban J connectivity index is 1.28. The monoisotopic (exact) mass is 422 g/mol. The van der Waals surface area contributed by atoms with Crippen molar-refractivity contribution in [2.24, 2.45) is 0 Å². The Morgan fingerprint density at radius 2 is 1.94 bits per heavy atom. The lowest BCUT2D eigenvalue weighted by Gasteiger charge is -2.03. The highest BCUT2D eigenvalue weighted by atomic mass is 19.1. The predicted molar refractivity (Wildman–Crippen MR) is 109 cm³/mol. The van der Waals surface area contributed by atoms with Crippen LogP contribution in [0.1, 0.15) is 18.1 Å². The van der Waals surface area contributed by atoms with E-state index in [9.17, 15) is 9.18 Å². The number of halogens is 1. The number of ether oxygens (including phenoxy) is 2. The predicted octanol–water partition coefficient (Wildman–Crippen LogP) is 4.82. The van der Waals surface area contributed by atoms with Crippen LogP contribution in [-0.4, -0.2) is 23.2 Å². The molecule has 0 unspecified atom stereocenters. The number of hydrogen-bond acceptors (Lipinski definition) is 7. The van der Waals surface area contributed by atoms with Gasteiger partial charge in [-0.2, -0.15) is 0 Å². The van der Waals surface area contributed by atoms with E-state index in [1.165, 1.54) is 12.1 Å². The number of para-hydroxylation sites is 1. The van der Waals surface area contributed by atoms with Crippen LogP contribution in [0.2, 0.25) is 0 Å². The number of carbonyl (C=O) groups is 1. The summed E-state index contributed by atoms with van der Waals surface area (Å²) in [6.45, 7) is -0.0343. The molecule has 0 aliphatic carbocycles. The van der Waals surface area contributed by atoms with E-state index in [1.54, 1.807) is 31.5 Å². The number of oxazole rings is 1. The molecule has 31 heavy (non-hydrogen) atoms. The normalized spacial score (nSPS) is 10.8. The zero-order valence-electron chi connectivity index (χ0n) is 16.7. The summed E-state index contributed by atoms with van der Waals surface area (Å²) in [5.74, 6) is 1.25. The highest BCUT2D eigenvalue weighted by molar-refractivity contribution is 5.70. The summed E-state index contributed by atoms with van der Waals surface area (Å²) in [6, 6.07) is 15.0. The number of nitrogens with zero attached hydrogens (tertiary/aromatic N) is 2. The minimum absolute atomic E-state index is 0.0343. The molecule has 2 aromatic carbocycles. The summed E-state index contributed by atoms with van der Waals surface area (Å²) in [4.78, 5) is 16.2. The number of methoxy groups -OCH3 is 1. The van der Waals surface area contributed by atoms with Gasteiger partial charge in [-0.15, -0.1) is 0 Å². The second kappa shape index (κ2) is 9.25. The number of esters is 1. The topological polar surface area (TPSA) is 87.6 Å². The Morgan fingerprint density at radius 3 is 2.74 bits per heavy atom. The molecule has 8 heteroatoms. The van der Waals surface area contributed by atoms with Crippen LogP contribution in [-0.2, 0) is 22.6 Å². The zero-order valence-corrected chi connectivity index (χ0v) is 16.7. The van der Waals surface area contributed by atoms with E-state index in [0.717, 1.165) is 5.56 Å². The van der Waals surface area contributed by atoms with Gasteiger partial charge in [0.1, 0.15) is 17.3 Å². The van der Waals surface area contributed by atoms with Gasteiger partial charge in [0.05, 0.1) is 19.7 Å². The summed E-state index contributed by atoms with van der Waals surface area (Å²) in [7, 11) is 1.58. The molecule has 0 bridgehead atoms. The first-order chi connectivity index (χ1) is 15.1. The van der Waals surface area contributed by atoms with Crippen LogP contribution in [0.15, 0.2) is 69.7 Å². The Morgan fingerprint density at radius 1 is 1.13 bits per heavy atom. The van der Waals surface area contributed by atoms with Crippen LogP contribution in [0.25, 0.3) is 22.6 Å². The average Bonchev–Trinajstić information content (AvgIpc) is 3.46. The molecule has 0 aliphatic heterocycles. The number of aryl methyl sites for hydroxylation is 1. The Hall–Kier alpha value is -3.94. The zero-order chi connectivity index (χ0) is 21.6. The molecule has 0 amide bonds. The van der Waals surface area contributed by atoms with Crippen LogP contribution in [0.5, 0.6) is 5.75 Å². The van der Waals surface area contributed by atoms with E-state index in [2.05, 4.69) is 10.1 Å². The molecule has 4 aromatic rings. The van der Waals surface area contributed by atoms with Crippen LogP contribution in [0.3, 0.4) is 0 Å². The molecule has 158 valence electrons. The summed E-state index contributed by atoms with van der Waals surface area (Å²) in [5.41, 5.74) is 2.09. The fourth-order valence-electron chi connectivity index (χ4n) is 2.97. The smallest absolute Gasteiger partial charge is 0.306 e. The van der Waals surface area contributed by atoms with E-state index in [0.29, 0.717) is 34.4 Å². The lowest BCUT2D eigenvalue weighted by molar-refractivity contribution is -0.145. The van der Waals surface area contributed by atoms with Gasteiger partial charge in [-0.3, -0.25) is 4.79 Å². The third kappa shape index (κ3) is 4.98. The molecule has 2 aromatic heterocycles. The van der Waals surface area contributed by atoms with E-state index in [1.807, 2.05) is 24.3 Å². The average molecular weight is 422 g/mol. The van der Waals surface area contributed by atoms with Crippen molar-refractivity contribution in [3.63, 3.8) is 0 Å². The summed E-state index contributed by atoms with van der Waals surface area (Å²) < 4.78 is 34.5. The molecule has 0 spiro atoms. The minimum Gasteiger partial charge on any atom is -0.496 e. The Labute approximate surface area is 177 Å². The van der Waals surface area contributed by atoms with Crippen molar-refractivity contribution in [2.45, 2.75) is 19.4 Å². The largest absolute Gasteiger partial charge is 0.496 e. The van der Waals surface area contributed by atoms with E-state index in [4.69, 9.17) is 18.4 Å². The third-order valence-corrected chi connectivity index (χ3v) is 4.54. The molecule has 0 N–H and O–H groups in total. The summed E-state index contributed by atoms with van der Waals surface area (Å²) in [6.07, 6.45) is 1.92. The van der Waals surface area contributed by atoms with Gasteiger partial charge >= 0.3 is 5.97 Å². The van der Waals surface area contributed by atoms with Gasteiger partial charge in [0.25, 0.3) is 0 Å².